The third kappa shape index (κ3) is 2.63. The van der Waals surface area contributed by atoms with E-state index < -0.39 is 40.2 Å². The second-order valence-corrected chi connectivity index (χ2v) is 8.33. The Bertz CT molecular complexity index is 748. The van der Waals surface area contributed by atoms with Crippen LogP contribution in [-0.4, -0.2) is 65.7 Å². The highest BCUT2D eigenvalue weighted by Crippen LogP contribution is 2.46. The number of imidazole rings is 1. The van der Waals surface area contributed by atoms with Gasteiger partial charge in [-0.15, -0.1) is 0 Å². The minimum Gasteiger partial charge on any atom is -0.345 e. The zero-order valence-corrected chi connectivity index (χ0v) is 13.7. The standard InChI is InChI=1S/C13H18F2N4O3S/c1-17-5-10(16-9-17)23(21,22)19-7-12(6-13(14,15)8-19)3-4-18(2)11(12)20/h5,9H,3-4,6-8H2,1-2H3/t12-/m1/s1. The highest BCUT2D eigenvalue weighted by Gasteiger charge is 2.58. The number of aryl methyl sites for hydroxylation is 1. The molecule has 1 aromatic heterocycles. The lowest BCUT2D eigenvalue weighted by Crippen LogP contribution is -2.56. The van der Waals surface area contributed by atoms with E-state index in [0.717, 1.165) is 0 Å². The molecule has 0 saturated carbocycles. The van der Waals surface area contributed by atoms with Crippen LogP contribution in [0.15, 0.2) is 17.6 Å². The molecule has 3 rings (SSSR count). The van der Waals surface area contributed by atoms with Crippen LogP contribution in [0.2, 0.25) is 0 Å². The van der Waals surface area contributed by atoms with Crippen LogP contribution in [0.1, 0.15) is 12.8 Å². The summed E-state index contributed by atoms with van der Waals surface area (Å²) in [4.78, 5) is 17.5. The third-order valence-electron chi connectivity index (χ3n) is 4.50. The Labute approximate surface area is 132 Å². The maximum Gasteiger partial charge on any atom is 0.262 e. The maximum atomic E-state index is 14.2. The topological polar surface area (TPSA) is 75.5 Å². The number of rotatable bonds is 2. The second kappa shape index (κ2) is 4.97. The predicted octanol–water partition coefficient (Wildman–Crippen LogP) is 0.298. The lowest BCUT2D eigenvalue weighted by atomic mass is 9.78. The second-order valence-electron chi connectivity index (χ2n) is 6.44. The van der Waals surface area contributed by atoms with Gasteiger partial charge in [-0.2, -0.15) is 4.31 Å². The van der Waals surface area contributed by atoms with Gasteiger partial charge >= 0.3 is 0 Å². The quantitative estimate of drug-likeness (QED) is 0.770. The molecule has 23 heavy (non-hydrogen) atoms. The van der Waals surface area contributed by atoms with Crippen molar-refractivity contribution in [3.63, 3.8) is 0 Å². The normalized spacial score (nSPS) is 28.7. The molecule has 0 aliphatic carbocycles. The lowest BCUT2D eigenvalue weighted by Gasteiger charge is -2.41. The fourth-order valence-corrected chi connectivity index (χ4v) is 4.91. The van der Waals surface area contributed by atoms with Crippen molar-refractivity contribution in [2.75, 3.05) is 26.7 Å². The van der Waals surface area contributed by atoms with Crippen molar-refractivity contribution in [3.8, 4) is 0 Å². The maximum absolute atomic E-state index is 14.2. The van der Waals surface area contributed by atoms with Gasteiger partial charge in [0.2, 0.25) is 5.91 Å². The van der Waals surface area contributed by atoms with E-state index in [1.165, 1.54) is 22.0 Å². The number of carbonyl (C=O) groups excluding carboxylic acids is 1. The summed E-state index contributed by atoms with van der Waals surface area (Å²) < 4.78 is 55.8. The summed E-state index contributed by atoms with van der Waals surface area (Å²) >= 11 is 0. The van der Waals surface area contributed by atoms with Gasteiger partial charge in [-0.25, -0.2) is 22.2 Å². The van der Waals surface area contributed by atoms with Gasteiger partial charge in [0.05, 0.1) is 18.3 Å². The Kier molecular flexibility index (Phi) is 3.53. The van der Waals surface area contributed by atoms with Gasteiger partial charge < -0.3 is 9.47 Å². The molecular formula is C13H18F2N4O3S. The van der Waals surface area contributed by atoms with Gasteiger partial charge in [0.15, 0.2) is 5.03 Å². The summed E-state index contributed by atoms with van der Waals surface area (Å²) in [5.74, 6) is -3.67. The van der Waals surface area contributed by atoms with E-state index >= 15 is 0 Å². The van der Waals surface area contributed by atoms with Gasteiger partial charge in [-0.05, 0) is 6.42 Å². The molecule has 0 bridgehead atoms. The number of likely N-dealkylation sites (tertiary alicyclic amines) is 1. The molecule has 128 valence electrons. The van der Waals surface area contributed by atoms with Crippen molar-refractivity contribution < 1.29 is 22.0 Å². The van der Waals surface area contributed by atoms with Gasteiger partial charge in [-0.3, -0.25) is 4.79 Å². The van der Waals surface area contributed by atoms with Crippen molar-refractivity contribution in [2.24, 2.45) is 12.5 Å². The molecule has 0 N–H and O–H groups in total. The molecule has 3 heterocycles. The van der Waals surface area contributed by atoms with Crippen molar-refractivity contribution in [3.05, 3.63) is 12.5 Å². The summed E-state index contributed by atoms with van der Waals surface area (Å²) in [5.41, 5.74) is -1.35. The Morgan fingerprint density at radius 1 is 1.26 bits per heavy atom. The monoisotopic (exact) mass is 348 g/mol. The third-order valence-corrected chi connectivity index (χ3v) is 6.17. The Morgan fingerprint density at radius 2 is 1.96 bits per heavy atom. The molecule has 2 aliphatic rings. The Hall–Kier alpha value is -1.55. The molecular weight excluding hydrogens is 330 g/mol. The number of amides is 1. The molecule has 7 nitrogen and oxygen atoms in total. The molecule has 10 heteroatoms. The van der Waals surface area contributed by atoms with Crippen LogP contribution in [0, 0.1) is 5.41 Å². The van der Waals surface area contributed by atoms with Crippen molar-refractivity contribution in [1.82, 2.24) is 18.8 Å². The average Bonchev–Trinajstić information content (AvgIpc) is 2.98. The van der Waals surface area contributed by atoms with Gasteiger partial charge in [0.25, 0.3) is 15.9 Å². The zero-order chi connectivity index (χ0) is 17.0. The van der Waals surface area contributed by atoms with Crippen molar-refractivity contribution >= 4 is 15.9 Å². The molecule has 0 radical (unpaired) electrons. The molecule has 1 aromatic rings. The number of aromatic nitrogens is 2. The SMILES string of the molecule is CN1CC[C@@]2(CN(S(=O)(=O)c3cn(C)cn3)CC(F)(F)C2)C1=O. The highest BCUT2D eigenvalue weighted by molar-refractivity contribution is 7.89. The van der Waals surface area contributed by atoms with E-state index in [4.69, 9.17) is 0 Å². The molecule has 1 spiro atoms. The van der Waals surface area contributed by atoms with Crippen molar-refractivity contribution in [1.29, 1.82) is 0 Å². The number of hydrogen-bond acceptors (Lipinski definition) is 4. The number of hydrogen-bond donors (Lipinski definition) is 0. The number of carbonyl (C=O) groups is 1. The number of piperidine rings is 1. The first-order valence-electron chi connectivity index (χ1n) is 7.17. The van der Waals surface area contributed by atoms with Gasteiger partial charge in [0.1, 0.15) is 0 Å². The van der Waals surface area contributed by atoms with Gasteiger partial charge in [-0.1, -0.05) is 0 Å². The van der Waals surface area contributed by atoms with Crippen LogP contribution >= 0.6 is 0 Å². The number of halogens is 2. The molecule has 2 fully saturated rings. The van der Waals surface area contributed by atoms with E-state index in [-0.39, 0.29) is 18.0 Å². The van der Waals surface area contributed by atoms with Crippen LogP contribution in [0.3, 0.4) is 0 Å². The van der Waals surface area contributed by atoms with E-state index in [1.807, 2.05) is 0 Å². The fraction of sp³-hybridized carbons (Fsp3) is 0.692. The van der Waals surface area contributed by atoms with Crippen LogP contribution < -0.4 is 0 Å². The summed E-state index contributed by atoms with van der Waals surface area (Å²) in [6.45, 7) is -0.804. The minimum absolute atomic E-state index is 0.228. The van der Waals surface area contributed by atoms with Crippen LogP contribution in [0.5, 0.6) is 0 Å². The van der Waals surface area contributed by atoms with Crippen LogP contribution in [-0.2, 0) is 21.9 Å². The van der Waals surface area contributed by atoms with E-state index in [2.05, 4.69) is 4.98 Å². The molecule has 0 aromatic carbocycles. The summed E-state index contributed by atoms with van der Waals surface area (Å²) in [5, 5.41) is -0.286. The Balaban J connectivity index is 1.98. The van der Waals surface area contributed by atoms with Crippen LogP contribution in [0.25, 0.3) is 0 Å². The van der Waals surface area contributed by atoms with Gasteiger partial charge in [0, 0.05) is 39.8 Å². The molecule has 2 aliphatic heterocycles. The first kappa shape index (κ1) is 16.3. The van der Waals surface area contributed by atoms with E-state index in [9.17, 15) is 22.0 Å². The minimum atomic E-state index is -4.17. The number of nitrogens with zero attached hydrogens (tertiary/aromatic N) is 4. The zero-order valence-electron chi connectivity index (χ0n) is 12.9. The fourth-order valence-electron chi connectivity index (χ4n) is 3.39. The summed E-state index contributed by atoms with van der Waals surface area (Å²) in [6.07, 6.45) is 2.17. The van der Waals surface area contributed by atoms with E-state index in [1.54, 1.807) is 14.1 Å². The number of alkyl halides is 2. The largest absolute Gasteiger partial charge is 0.345 e. The molecule has 2 saturated heterocycles. The van der Waals surface area contributed by atoms with E-state index in [0.29, 0.717) is 10.8 Å². The molecule has 1 amide bonds. The first-order chi connectivity index (χ1) is 10.6. The molecule has 1 atom stereocenters. The Morgan fingerprint density at radius 3 is 2.48 bits per heavy atom. The summed E-state index contributed by atoms with van der Waals surface area (Å²) in [6, 6.07) is 0. The lowest BCUT2D eigenvalue weighted by molar-refractivity contribution is -0.148. The van der Waals surface area contributed by atoms with Crippen LogP contribution in [0.4, 0.5) is 8.78 Å². The summed E-state index contributed by atoms with van der Waals surface area (Å²) in [7, 11) is -1.03. The van der Waals surface area contributed by atoms with Crippen molar-refractivity contribution in [2.45, 2.75) is 23.8 Å². The highest BCUT2D eigenvalue weighted by atomic mass is 32.2. The smallest absolute Gasteiger partial charge is 0.262 e. The first-order valence-corrected chi connectivity index (χ1v) is 8.61. The predicted molar refractivity (Wildman–Crippen MR) is 76.2 cm³/mol. The molecule has 0 unspecified atom stereocenters. The number of sulfonamides is 1. The average molecular weight is 348 g/mol.